The molecule has 2 N–H and O–H groups in total. The molecule has 0 amide bonds. The van der Waals surface area contributed by atoms with Crippen molar-refractivity contribution in [3.63, 3.8) is 0 Å². The van der Waals surface area contributed by atoms with Crippen molar-refractivity contribution >= 4 is 35.8 Å². The number of morpholine rings is 1. The van der Waals surface area contributed by atoms with Gasteiger partial charge in [0, 0.05) is 51.1 Å². The lowest BCUT2D eigenvalue weighted by atomic mass is 10.2. The zero-order chi connectivity index (χ0) is 21.3. The van der Waals surface area contributed by atoms with Crippen LogP contribution >= 0.6 is 24.0 Å². The largest absolute Gasteiger partial charge is 0.497 e. The fourth-order valence-corrected chi connectivity index (χ4v) is 3.32. The first-order valence-electron chi connectivity index (χ1n) is 10.1. The number of nitrogens with one attached hydrogen (secondary N) is 2. The van der Waals surface area contributed by atoms with E-state index in [0.29, 0.717) is 19.0 Å². The molecule has 1 aromatic carbocycles. The molecule has 1 atom stereocenters. The highest BCUT2D eigenvalue weighted by molar-refractivity contribution is 14.0. The number of methoxy groups -OCH3 is 2. The summed E-state index contributed by atoms with van der Waals surface area (Å²) in [5.74, 6) is 3.23. The Bertz CT molecular complexity index is 848. The van der Waals surface area contributed by atoms with Crippen LogP contribution < -0.4 is 25.0 Å². The first-order chi connectivity index (χ1) is 14.6. The molecule has 9 heteroatoms. The van der Waals surface area contributed by atoms with Crippen molar-refractivity contribution in [1.82, 2.24) is 15.6 Å². The Kier molecular flexibility index (Phi) is 10.1. The number of aliphatic imine (C=N–C) groups is 1. The number of aromatic nitrogens is 1. The van der Waals surface area contributed by atoms with Crippen LogP contribution in [-0.2, 0) is 17.8 Å². The number of benzene rings is 1. The maximum atomic E-state index is 5.60. The fourth-order valence-electron chi connectivity index (χ4n) is 3.32. The highest BCUT2D eigenvalue weighted by Gasteiger charge is 2.17. The lowest BCUT2D eigenvalue weighted by Crippen LogP contribution is -2.41. The number of hydrogen-bond acceptors (Lipinski definition) is 6. The topological polar surface area (TPSA) is 80.2 Å². The normalized spacial score (nSPS) is 16.3. The highest BCUT2D eigenvalue weighted by Crippen LogP contribution is 2.24. The highest BCUT2D eigenvalue weighted by atomic mass is 127. The molecule has 170 valence electrons. The van der Waals surface area contributed by atoms with Crippen molar-refractivity contribution in [3.05, 3.63) is 47.7 Å². The second-order valence-corrected chi connectivity index (χ2v) is 7.11. The molecule has 2 aromatic rings. The zero-order valence-electron chi connectivity index (χ0n) is 18.6. The molecule has 1 fully saturated rings. The van der Waals surface area contributed by atoms with E-state index in [2.05, 4.69) is 44.6 Å². The van der Waals surface area contributed by atoms with E-state index in [-0.39, 0.29) is 30.1 Å². The summed E-state index contributed by atoms with van der Waals surface area (Å²) >= 11 is 0. The molecular weight excluding hydrogens is 509 g/mol. The summed E-state index contributed by atoms with van der Waals surface area (Å²) in [5, 5.41) is 6.63. The molecule has 8 nitrogen and oxygen atoms in total. The molecule has 0 aliphatic carbocycles. The van der Waals surface area contributed by atoms with Gasteiger partial charge >= 0.3 is 0 Å². The van der Waals surface area contributed by atoms with Gasteiger partial charge in [0.15, 0.2) is 5.96 Å². The molecule has 31 heavy (non-hydrogen) atoms. The Hall–Kier alpha value is -2.27. The molecule has 0 spiro atoms. The molecule has 1 aliphatic rings. The molecular formula is C22H32IN5O3. The molecule has 1 aliphatic heterocycles. The van der Waals surface area contributed by atoms with Crippen molar-refractivity contribution in [1.29, 1.82) is 0 Å². The number of halogens is 1. The molecule has 1 unspecified atom stereocenters. The number of nitrogens with zero attached hydrogens (tertiary/aromatic N) is 3. The zero-order valence-corrected chi connectivity index (χ0v) is 20.9. The Morgan fingerprint density at radius 3 is 2.65 bits per heavy atom. The fraction of sp³-hybridized carbons (Fsp3) is 0.455. The molecule has 0 radical (unpaired) electrons. The van der Waals surface area contributed by atoms with Crippen molar-refractivity contribution in [3.8, 4) is 11.5 Å². The minimum Gasteiger partial charge on any atom is -0.497 e. The van der Waals surface area contributed by atoms with Crippen LogP contribution in [0.15, 0.2) is 41.5 Å². The van der Waals surface area contributed by atoms with Crippen molar-refractivity contribution in [2.24, 2.45) is 4.99 Å². The van der Waals surface area contributed by atoms with Gasteiger partial charge in [-0.25, -0.2) is 4.98 Å². The van der Waals surface area contributed by atoms with E-state index in [4.69, 9.17) is 14.2 Å². The summed E-state index contributed by atoms with van der Waals surface area (Å²) in [4.78, 5) is 11.2. The van der Waals surface area contributed by atoms with Gasteiger partial charge in [-0.3, -0.25) is 4.99 Å². The first-order valence-corrected chi connectivity index (χ1v) is 10.1. The van der Waals surface area contributed by atoms with E-state index in [1.807, 2.05) is 24.4 Å². The standard InChI is InChI=1S/C22H31N5O3.HI/c1-16-15-27(9-10-30-16)21-8-5-17(12-24-21)13-25-22(23-2)26-14-18-6-7-19(28-3)11-20(18)29-4;/h5-8,11-12,16H,9-10,13-15H2,1-4H3,(H2,23,25,26);1H. The van der Waals surface area contributed by atoms with Gasteiger partial charge in [0.05, 0.1) is 26.9 Å². The number of ether oxygens (including phenoxy) is 3. The predicted molar refractivity (Wildman–Crippen MR) is 134 cm³/mol. The van der Waals surface area contributed by atoms with Gasteiger partial charge in [-0.2, -0.15) is 0 Å². The minimum absolute atomic E-state index is 0. The number of guanidine groups is 1. The van der Waals surface area contributed by atoms with Crippen LogP contribution in [0, 0.1) is 0 Å². The Labute approximate surface area is 201 Å². The summed E-state index contributed by atoms with van der Waals surface area (Å²) in [6, 6.07) is 9.92. The molecule has 1 saturated heterocycles. The van der Waals surface area contributed by atoms with E-state index in [1.165, 1.54) is 0 Å². The van der Waals surface area contributed by atoms with Crippen LogP contribution in [0.2, 0.25) is 0 Å². The number of hydrogen-bond donors (Lipinski definition) is 2. The smallest absolute Gasteiger partial charge is 0.191 e. The van der Waals surface area contributed by atoms with Crippen LogP contribution in [-0.4, -0.2) is 58.0 Å². The Balaban J connectivity index is 0.00000341. The number of pyridine rings is 1. The predicted octanol–water partition coefficient (Wildman–Crippen LogP) is 2.81. The van der Waals surface area contributed by atoms with E-state index in [9.17, 15) is 0 Å². The Morgan fingerprint density at radius 1 is 1.19 bits per heavy atom. The summed E-state index contributed by atoms with van der Waals surface area (Å²) in [5.41, 5.74) is 2.11. The van der Waals surface area contributed by atoms with E-state index in [0.717, 1.165) is 48.1 Å². The van der Waals surface area contributed by atoms with Crippen molar-refractivity contribution < 1.29 is 14.2 Å². The molecule has 3 rings (SSSR count). The third-order valence-electron chi connectivity index (χ3n) is 5.00. The van der Waals surface area contributed by atoms with Crippen LogP contribution in [0.4, 0.5) is 5.82 Å². The van der Waals surface area contributed by atoms with Gasteiger partial charge in [0.2, 0.25) is 0 Å². The van der Waals surface area contributed by atoms with Crippen molar-refractivity contribution in [2.75, 3.05) is 45.9 Å². The van der Waals surface area contributed by atoms with Gasteiger partial charge < -0.3 is 29.7 Å². The number of anilines is 1. The van der Waals surface area contributed by atoms with Crippen molar-refractivity contribution in [2.45, 2.75) is 26.1 Å². The molecule has 0 saturated carbocycles. The van der Waals surface area contributed by atoms with E-state index < -0.39 is 0 Å². The summed E-state index contributed by atoms with van der Waals surface area (Å²) < 4.78 is 16.3. The maximum Gasteiger partial charge on any atom is 0.191 e. The monoisotopic (exact) mass is 541 g/mol. The van der Waals surface area contributed by atoms with Crippen LogP contribution in [0.25, 0.3) is 0 Å². The maximum absolute atomic E-state index is 5.60. The minimum atomic E-state index is 0. The van der Waals surface area contributed by atoms with Crippen LogP contribution in [0.1, 0.15) is 18.1 Å². The van der Waals surface area contributed by atoms with Gasteiger partial charge in [0.25, 0.3) is 0 Å². The second kappa shape index (κ2) is 12.6. The number of rotatable bonds is 7. The third kappa shape index (κ3) is 7.13. The second-order valence-electron chi connectivity index (χ2n) is 7.11. The summed E-state index contributed by atoms with van der Waals surface area (Å²) in [7, 11) is 5.04. The Morgan fingerprint density at radius 2 is 2.00 bits per heavy atom. The summed E-state index contributed by atoms with van der Waals surface area (Å²) in [6.07, 6.45) is 2.14. The van der Waals surface area contributed by atoms with Gasteiger partial charge in [-0.1, -0.05) is 6.07 Å². The average molecular weight is 541 g/mol. The van der Waals surface area contributed by atoms with E-state index >= 15 is 0 Å². The lowest BCUT2D eigenvalue weighted by Gasteiger charge is -2.32. The first kappa shape index (κ1) is 25.0. The van der Waals surface area contributed by atoms with E-state index in [1.54, 1.807) is 21.3 Å². The average Bonchev–Trinajstić information content (AvgIpc) is 2.79. The van der Waals surface area contributed by atoms with Gasteiger partial charge in [-0.15, -0.1) is 24.0 Å². The molecule has 1 aromatic heterocycles. The molecule has 0 bridgehead atoms. The SMILES string of the molecule is CN=C(NCc1ccc(N2CCOC(C)C2)nc1)NCc1ccc(OC)cc1OC.I. The lowest BCUT2D eigenvalue weighted by molar-refractivity contribution is 0.0529. The third-order valence-corrected chi connectivity index (χ3v) is 5.00. The van der Waals surface area contributed by atoms with Gasteiger partial charge in [-0.05, 0) is 30.7 Å². The van der Waals surface area contributed by atoms with Gasteiger partial charge in [0.1, 0.15) is 17.3 Å². The van der Waals surface area contributed by atoms with Crippen LogP contribution in [0.3, 0.4) is 0 Å². The molecule has 2 heterocycles. The quantitative estimate of drug-likeness (QED) is 0.317. The van der Waals surface area contributed by atoms with Crippen LogP contribution in [0.5, 0.6) is 11.5 Å². The summed E-state index contributed by atoms with van der Waals surface area (Å²) in [6.45, 7) is 5.79.